The molecule has 0 amide bonds. The molecule has 0 heterocycles. The average molecular weight is 228 g/mol. The third-order valence-electron chi connectivity index (χ3n) is 3.50. The van der Waals surface area contributed by atoms with Gasteiger partial charge in [0.1, 0.15) is 0 Å². The van der Waals surface area contributed by atoms with Crippen LogP contribution >= 0.6 is 0 Å². The van der Waals surface area contributed by atoms with E-state index in [9.17, 15) is 5.11 Å². The number of aliphatic hydroxyl groups is 2. The Balaban J connectivity index is 2.03. The fourth-order valence-electron chi connectivity index (χ4n) is 2.85. The van der Waals surface area contributed by atoms with E-state index in [1.807, 2.05) is 6.92 Å². The molecule has 4 atom stereocenters. The minimum Gasteiger partial charge on any atom is -0.394 e. The summed E-state index contributed by atoms with van der Waals surface area (Å²) >= 11 is 0. The zero-order valence-corrected chi connectivity index (χ0v) is 9.63. The summed E-state index contributed by atoms with van der Waals surface area (Å²) in [6.45, 7) is 2.23. The van der Waals surface area contributed by atoms with E-state index < -0.39 is 5.97 Å². The van der Waals surface area contributed by atoms with Gasteiger partial charge in [0.15, 0.2) is 0 Å². The molecule has 1 saturated carbocycles. The van der Waals surface area contributed by atoms with Gasteiger partial charge in [-0.3, -0.25) is 0 Å². The van der Waals surface area contributed by atoms with E-state index in [1.165, 1.54) is 0 Å². The molecule has 0 aromatic heterocycles. The summed E-state index contributed by atoms with van der Waals surface area (Å²) in [5, 5.41) is 19.1. The first-order valence-electron chi connectivity index (χ1n) is 5.99. The molecule has 2 rings (SSSR count). The molecule has 2 aliphatic carbocycles. The summed E-state index contributed by atoms with van der Waals surface area (Å²) in [6.07, 6.45) is 6.34. The van der Waals surface area contributed by atoms with Crippen LogP contribution < -0.4 is 0 Å². The predicted octanol–water partition coefficient (Wildman–Crippen LogP) is 0.890. The lowest BCUT2D eigenvalue weighted by molar-refractivity contribution is -0.389. The van der Waals surface area contributed by atoms with Crippen LogP contribution in [0.4, 0.5) is 0 Å². The molecule has 16 heavy (non-hydrogen) atoms. The minimum absolute atomic E-state index is 0.00556. The number of allylic oxidation sites excluding steroid dienone is 2. The topological polar surface area (TPSA) is 58.9 Å². The highest BCUT2D eigenvalue weighted by atomic mass is 16.8. The molecule has 4 nitrogen and oxygen atoms in total. The van der Waals surface area contributed by atoms with Crippen LogP contribution in [0.5, 0.6) is 0 Å². The number of hydrogen-bond acceptors (Lipinski definition) is 4. The van der Waals surface area contributed by atoms with Gasteiger partial charge in [0, 0.05) is 12.5 Å². The van der Waals surface area contributed by atoms with Gasteiger partial charge < -0.3 is 19.7 Å². The molecule has 0 aromatic carbocycles. The van der Waals surface area contributed by atoms with Crippen LogP contribution in [-0.4, -0.2) is 36.0 Å². The lowest BCUT2D eigenvalue weighted by atomic mass is 9.91. The molecule has 4 unspecified atom stereocenters. The summed E-state index contributed by atoms with van der Waals surface area (Å²) < 4.78 is 10.7. The average Bonchev–Trinajstić information content (AvgIpc) is 2.88. The number of fused-ring (bicyclic) bond motifs is 2. The maximum absolute atomic E-state index is 10.4. The first kappa shape index (κ1) is 12.0. The van der Waals surface area contributed by atoms with Gasteiger partial charge >= 0.3 is 0 Å². The van der Waals surface area contributed by atoms with Crippen molar-refractivity contribution in [3.8, 4) is 0 Å². The Morgan fingerprint density at radius 2 is 2.12 bits per heavy atom. The molecule has 92 valence electrons. The van der Waals surface area contributed by atoms with Crippen molar-refractivity contribution in [3.05, 3.63) is 12.2 Å². The number of hydrogen-bond donors (Lipinski definition) is 2. The summed E-state index contributed by atoms with van der Waals surface area (Å²) in [4.78, 5) is 0. The molecule has 0 aromatic rings. The van der Waals surface area contributed by atoms with Crippen molar-refractivity contribution < 1.29 is 19.7 Å². The molecule has 0 aliphatic heterocycles. The highest BCUT2D eigenvalue weighted by Gasteiger charge is 2.49. The molecule has 2 aliphatic rings. The van der Waals surface area contributed by atoms with Crippen LogP contribution in [-0.2, 0) is 9.47 Å². The van der Waals surface area contributed by atoms with E-state index >= 15 is 0 Å². The van der Waals surface area contributed by atoms with Crippen molar-refractivity contribution in [1.82, 2.24) is 0 Å². The Bertz CT molecular complexity index is 266. The molecular formula is C12H20O4. The van der Waals surface area contributed by atoms with E-state index in [-0.39, 0.29) is 19.1 Å². The Kier molecular flexibility index (Phi) is 3.64. The van der Waals surface area contributed by atoms with Gasteiger partial charge in [0.2, 0.25) is 0 Å². The highest BCUT2D eigenvalue weighted by Crippen LogP contribution is 2.48. The van der Waals surface area contributed by atoms with Crippen molar-refractivity contribution >= 4 is 0 Å². The molecule has 0 spiro atoms. The van der Waals surface area contributed by atoms with Crippen molar-refractivity contribution in [2.75, 3.05) is 19.8 Å². The molecular weight excluding hydrogens is 208 g/mol. The number of rotatable bonds is 6. The van der Waals surface area contributed by atoms with Crippen LogP contribution in [0.25, 0.3) is 0 Å². The molecule has 2 bridgehead atoms. The molecule has 1 fully saturated rings. The van der Waals surface area contributed by atoms with E-state index in [2.05, 4.69) is 12.2 Å². The van der Waals surface area contributed by atoms with Crippen molar-refractivity contribution in [1.29, 1.82) is 0 Å². The maximum Gasteiger partial charge on any atom is 0.284 e. The van der Waals surface area contributed by atoms with Gasteiger partial charge in [-0.15, -0.1) is 0 Å². The van der Waals surface area contributed by atoms with Crippen LogP contribution in [0, 0.1) is 17.8 Å². The molecule has 2 N–H and O–H groups in total. The number of aliphatic hydroxyl groups excluding tert-OH is 1. The van der Waals surface area contributed by atoms with Crippen LogP contribution in [0.15, 0.2) is 12.2 Å². The first-order chi connectivity index (χ1) is 7.69. The molecule has 0 saturated heterocycles. The van der Waals surface area contributed by atoms with Crippen LogP contribution in [0.2, 0.25) is 0 Å². The first-order valence-corrected chi connectivity index (χ1v) is 5.99. The molecule has 0 radical (unpaired) electrons. The zero-order chi connectivity index (χ0) is 11.6. The van der Waals surface area contributed by atoms with Gasteiger partial charge in [-0.2, -0.15) is 0 Å². The summed E-state index contributed by atoms with van der Waals surface area (Å²) in [5.41, 5.74) is 0. The lowest BCUT2D eigenvalue weighted by Gasteiger charge is -2.36. The largest absolute Gasteiger partial charge is 0.394 e. The standard InChI is InChI=1S/C12H20O4/c1-2-15-12(14,16-6-5-13)11-8-9-3-4-10(11)7-9/h3-4,9-11,13-14H,2,5-8H2,1H3. The third-order valence-corrected chi connectivity index (χ3v) is 3.50. The van der Waals surface area contributed by atoms with Crippen molar-refractivity contribution in [2.24, 2.45) is 17.8 Å². The maximum atomic E-state index is 10.4. The van der Waals surface area contributed by atoms with E-state index in [4.69, 9.17) is 14.6 Å². The van der Waals surface area contributed by atoms with E-state index in [0.717, 1.165) is 12.8 Å². The second-order valence-electron chi connectivity index (χ2n) is 4.52. The Morgan fingerprint density at radius 1 is 1.31 bits per heavy atom. The van der Waals surface area contributed by atoms with Gasteiger partial charge in [-0.1, -0.05) is 12.2 Å². The second-order valence-corrected chi connectivity index (χ2v) is 4.52. The smallest absolute Gasteiger partial charge is 0.284 e. The SMILES string of the molecule is CCOC(O)(OCCO)C1CC2C=CC1C2. The zero-order valence-electron chi connectivity index (χ0n) is 9.63. The summed E-state index contributed by atoms with van der Waals surface area (Å²) in [7, 11) is 0. The Hall–Kier alpha value is -0.420. The van der Waals surface area contributed by atoms with Gasteiger partial charge in [0.25, 0.3) is 5.97 Å². The Morgan fingerprint density at radius 3 is 2.62 bits per heavy atom. The van der Waals surface area contributed by atoms with Gasteiger partial charge in [0.05, 0.1) is 13.2 Å². The van der Waals surface area contributed by atoms with Gasteiger partial charge in [-0.05, 0) is 31.6 Å². The second kappa shape index (κ2) is 4.84. The Labute approximate surface area is 95.9 Å². The summed E-state index contributed by atoms with van der Waals surface area (Å²) in [6, 6.07) is 0. The normalized spacial score (nSPS) is 35.6. The van der Waals surface area contributed by atoms with E-state index in [0.29, 0.717) is 18.4 Å². The van der Waals surface area contributed by atoms with Crippen LogP contribution in [0.3, 0.4) is 0 Å². The van der Waals surface area contributed by atoms with Crippen molar-refractivity contribution in [2.45, 2.75) is 25.7 Å². The monoisotopic (exact) mass is 228 g/mol. The van der Waals surface area contributed by atoms with Gasteiger partial charge in [-0.25, -0.2) is 0 Å². The van der Waals surface area contributed by atoms with E-state index in [1.54, 1.807) is 0 Å². The lowest BCUT2D eigenvalue weighted by Crippen LogP contribution is -2.46. The fraction of sp³-hybridized carbons (Fsp3) is 0.833. The van der Waals surface area contributed by atoms with Crippen LogP contribution in [0.1, 0.15) is 19.8 Å². The fourth-order valence-corrected chi connectivity index (χ4v) is 2.85. The summed E-state index contributed by atoms with van der Waals surface area (Å²) in [5.74, 6) is -0.629. The quantitative estimate of drug-likeness (QED) is 0.523. The number of ether oxygens (including phenoxy) is 2. The van der Waals surface area contributed by atoms with Crippen molar-refractivity contribution in [3.63, 3.8) is 0 Å². The predicted molar refractivity (Wildman–Crippen MR) is 58.5 cm³/mol. The highest BCUT2D eigenvalue weighted by molar-refractivity contribution is 5.11. The molecule has 4 heteroatoms. The third kappa shape index (κ3) is 2.15. The minimum atomic E-state index is -1.53.